The molecule has 198 valence electrons. The Labute approximate surface area is 222 Å². The van der Waals surface area contributed by atoms with Crippen LogP contribution in [0.1, 0.15) is 52.0 Å². The Hall–Kier alpha value is -3.40. The number of nitrogens with zero attached hydrogens (tertiary/aromatic N) is 1. The number of benzene rings is 1. The van der Waals surface area contributed by atoms with Gasteiger partial charge in [-0.25, -0.2) is 4.79 Å². The normalized spacial score (nSPS) is 16.0. The average Bonchev–Trinajstić information content (AvgIpc) is 3.32. The van der Waals surface area contributed by atoms with E-state index in [1.807, 2.05) is 19.9 Å². The molecule has 10 heteroatoms. The highest BCUT2D eigenvalue weighted by Gasteiger charge is 2.44. The van der Waals surface area contributed by atoms with Crippen LogP contribution in [-0.2, 0) is 25.6 Å². The molecule has 1 aromatic heterocycles. The van der Waals surface area contributed by atoms with Gasteiger partial charge in [0.25, 0.3) is 0 Å². The molecule has 1 saturated carbocycles. The fourth-order valence-electron chi connectivity index (χ4n) is 4.41. The van der Waals surface area contributed by atoms with Gasteiger partial charge in [0, 0.05) is 30.8 Å². The Bertz CT molecular complexity index is 1150. The van der Waals surface area contributed by atoms with Crippen LogP contribution in [0.3, 0.4) is 0 Å². The molecule has 0 spiro atoms. The summed E-state index contributed by atoms with van der Waals surface area (Å²) in [5, 5.41) is 17.5. The Kier molecular flexibility index (Phi) is 9.31. The second kappa shape index (κ2) is 12.2. The maximum absolute atomic E-state index is 13.3. The molecule has 0 aliphatic heterocycles. The van der Waals surface area contributed by atoms with E-state index in [4.69, 9.17) is 0 Å². The first-order chi connectivity index (χ1) is 17.5. The number of aliphatic carboxylic acids is 1. The fourth-order valence-corrected chi connectivity index (χ4v) is 4.47. The van der Waals surface area contributed by atoms with E-state index in [0.717, 1.165) is 18.4 Å². The Morgan fingerprint density at radius 3 is 2.38 bits per heavy atom. The number of pyridine rings is 1. The molecule has 1 aliphatic rings. The van der Waals surface area contributed by atoms with E-state index in [0.29, 0.717) is 29.8 Å². The number of nitrogens with one attached hydrogen (secondary N) is 3. The van der Waals surface area contributed by atoms with E-state index in [1.165, 1.54) is 6.92 Å². The van der Waals surface area contributed by atoms with Crippen molar-refractivity contribution in [3.05, 3.63) is 48.2 Å². The SMILES string of the molecule is CC(=O)Nc1cccc(-c2ccc(CC(NC(=O)C3(NC(=O)[C@@H](S)C(C)C)CCCC3)C(=O)O)cn2)c1. The summed E-state index contributed by atoms with van der Waals surface area (Å²) in [6.07, 6.45) is 4.03. The van der Waals surface area contributed by atoms with Gasteiger partial charge < -0.3 is 21.1 Å². The highest BCUT2D eigenvalue weighted by atomic mass is 32.1. The van der Waals surface area contributed by atoms with E-state index in [1.54, 1.807) is 36.5 Å². The van der Waals surface area contributed by atoms with Gasteiger partial charge in [-0.1, -0.05) is 44.9 Å². The quantitative estimate of drug-likeness (QED) is 0.302. The van der Waals surface area contributed by atoms with Gasteiger partial charge in [0.1, 0.15) is 11.6 Å². The summed E-state index contributed by atoms with van der Waals surface area (Å²) < 4.78 is 0. The van der Waals surface area contributed by atoms with Gasteiger partial charge in [-0.05, 0) is 42.5 Å². The second-order valence-corrected chi connectivity index (χ2v) is 10.4. The molecule has 3 amide bonds. The van der Waals surface area contributed by atoms with Crippen molar-refractivity contribution in [2.75, 3.05) is 5.32 Å². The lowest BCUT2D eigenvalue weighted by Gasteiger charge is -2.32. The van der Waals surface area contributed by atoms with Crippen LogP contribution >= 0.6 is 12.6 Å². The first-order valence-corrected chi connectivity index (χ1v) is 12.9. The zero-order chi connectivity index (χ0) is 27.2. The number of carboxylic acid groups (broad SMARTS) is 1. The molecule has 1 heterocycles. The van der Waals surface area contributed by atoms with Gasteiger partial charge in [-0.2, -0.15) is 12.6 Å². The molecule has 0 saturated heterocycles. The van der Waals surface area contributed by atoms with Crippen molar-refractivity contribution in [2.24, 2.45) is 5.92 Å². The summed E-state index contributed by atoms with van der Waals surface area (Å²) in [7, 11) is 0. The van der Waals surface area contributed by atoms with Crippen LogP contribution in [0.5, 0.6) is 0 Å². The summed E-state index contributed by atoms with van der Waals surface area (Å²) in [6.45, 7) is 5.18. The smallest absolute Gasteiger partial charge is 0.326 e. The number of carbonyl (C=O) groups excluding carboxylic acids is 3. The van der Waals surface area contributed by atoms with Gasteiger partial charge in [0.2, 0.25) is 17.7 Å². The van der Waals surface area contributed by atoms with Crippen molar-refractivity contribution < 1.29 is 24.3 Å². The van der Waals surface area contributed by atoms with Crippen LogP contribution in [0.4, 0.5) is 5.69 Å². The lowest BCUT2D eigenvalue weighted by atomic mass is 9.94. The molecule has 4 N–H and O–H groups in total. The predicted molar refractivity (Wildman–Crippen MR) is 144 cm³/mol. The standard InChI is InChI=1S/C27H34N4O5S/c1-16(2)23(37)24(33)31-27(11-4-5-12-27)26(36)30-22(25(34)35)13-18-9-10-21(28-15-18)19-7-6-8-20(14-19)29-17(3)32/h6-10,14-16,22-23,37H,4-5,11-13H2,1-3H3,(H,29,32)(H,30,36)(H,31,33)(H,34,35)/t22?,23-/m0/s1. The summed E-state index contributed by atoms with van der Waals surface area (Å²) >= 11 is 4.36. The van der Waals surface area contributed by atoms with Crippen LogP contribution < -0.4 is 16.0 Å². The van der Waals surface area contributed by atoms with Crippen molar-refractivity contribution in [2.45, 2.75) is 69.7 Å². The minimum Gasteiger partial charge on any atom is -0.480 e. The number of carbonyl (C=O) groups is 4. The number of anilines is 1. The number of amides is 3. The molecule has 0 radical (unpaired) electrons. The zero-order valence-electron chi connectivity index (χ0n) is 21.3. The largest absolute Gasteiger partial charge is 0.480 e. The molecule has 1 aromatic carbocycles. The molecular formula is C27H34N4O5S. The number of aromatic nitrogens is 1. The molecule has 37 heavy (non-hydrogen) atoms. The molecule has 3 rings (SSSR count). The summed E-state index contributed by atoms with van der Waals surface area (Å²) in [6, 6.07) is 9.58. The van der Waals surface area contributed by atoms with Crippen molar-refractivity contribution in [3.63, 3.8) is 0 Å². The van der Waals surface area contributed by atoms with E-state index >= 15 is 0 Å². The van der Waals surface area contributed by atoms with Crippen molar-refractivity contribution >= 4 is 42.0 Å². The molecular weight excluding hydrogens is 492 g/mol. The third-order valence-electron chi connectivity index (χ3n) is 6.50. The van der Waals surface area contributed by atoms with Gasteiger partial charge in [0.15, 0.2) is 0 Å². The highest BCUT2D eigenvalue weighted by molar-refractivity contribution is 7.81. The summed E-state index contributed by atoms with van der Waals surface area (Å²) in [5.41, 5.74) is 1.60. The Morgan fingerprint density at radius 2 is 1.81 bits per heavy atom. The lowest BCUT2D eigenvalue weighted by Crippen LogP contribution is -2.61. The van der Waals surface area contributed by atoms with Crippen LogP contribution in [0.15, 0.2) is 42.6 Å². The molecule has 0 bridgehead atoms. The second-order valence-electron chi connectivity index (χ2n) is 9.85. The number of carboxylic acids is 1. The first kappa shape index (κ1) is 28.2. The maximum Gasteiger partial charge on any atom is 0.326 e. The molecule has 1 fully saturated rings. The molecule has 2 aromatic rings. The third-order valence-corrected chi connectivity index (χ3v) is 7.33. The Morgan fingerprint density at radius 1 is 1.11 bits per heavy atom. The minimum absolute atomic E-state index is 0.0139. The van der Waals surface area contributed by atoms with Crippen LogP contribution in [0.2, 0.25) is 0 Å². The van der Waals surface area contributed by atoms with E-state index in [2.05, 4.69) is 33.6 Å². The highest BCUT2D eigenvalue weighted by Crippen LogP contribution is 2.31. The van der Waals surface area contributed by atoms with Crippen LogP contribution in [-0.4, -0.2) is 50.6 Å². The average molecular weight is 527 g/mol. The van der Waals surface area contributed by atoms with E-state index in [-0.39, 0.29) is 24.2 Å². The summed E-state index contributed by atoms with van der Waals surface area (Å²) in [4.78, 5) is 53.7. The molecule has 2 atom stereocenters. The lowest BCUT2D eigenvalue weighted by molar-refractivity contribution is -0.143. The van der Waals surface area contributed by atoms with Gasteiger partial charge in [-0.3, -0.25) is 19.4 Å². The topological polar surface area (TPSA) is 137 Å². The molecule has 1 aliphatic carbocycles. The first-order valence-electron chi connectivity index (χ1n) is 12.4. The Balaban J connectivity index is 1.71. The number of rotatable bonds is 10. The van der Waals surface area contributed by atoms with Crippen molar-refractivity contribution in [1.29, 1.82) is 0 Å². The maximum atomic E-state index is 13.3. The third kappa shape index (κ3) is 7.31. The predicted octanol–water partition coefficient (Wildman–Crippen LogP) is 3.20. The monoisotopic (exact) mass is 526 g/mol. The fraction of sp³-hybridized carbons (Fsp3) is 0.444. The van der Waals surface area contributed by atoms with Crippen molar-refractivity contribution in [1.82, 2.24) is 15.6 Å². The number of hydrogen-bond donors (Lipinski definition) is 5. The molecule has 1 unspecified atom stereocenters. The van der Waals surface area contributed by atoms with Gasteiger partial charge in [0.05, 0.1) is 10.9 Å². The number of thiol groups is 1. The van der Waals surface area contributed by atoms with E-state index in [9.17, 15) is 24.3 Å². The van der Waals surface area contributed by atoms with Crippen LogP contribution in [0.25, 0.3) is 11.3 Å². The minimum atomic E-state index is -1.19. The van der Waals surface area contributed by atoms with Crippen LogP contribution in [0, 0.1) is 5.92 Å². The van der Waals surface area contributed by atoms with E-state index < -0.39 is 28.7 Å². The number of hydrogen-bond acceptors (Lipinski definition) is 6. The van der Waals surface area contributed by atoms with Crippen molar-refractivity contribution in [3.8, 4) is 11.3 Å². The molecule has 9 nitrogen and oxygen atoms in total. The summed E-state index contributed by atoms with van der Waals surface area (Å²) in [5.74, 6) is -2.18. The zero-order valence-corrected chi connectivity index (χ0v) is 22.2. The van der Waals surface area contributed by atoms with Gasteiger partial charge in [-0.15, -0.1) is 0 Å². The van der Waals surface area contributed by atoms with Gasteiger partial charge >= 0.3 is 5.97 Å².